The number of halogens is 1. The summed E-state index contributed by atoms with van der Waals surface area (Å²) in [5.41, 5.74) is 2.33. The molecule has 3 N–H and O–H groups in total. The normalized spacial score (nSPS) is 15.6. The molecule has 5 rings (SSSR count). The standard InChI is InChI=1S/C25H20ClN3O4/c1-33-22-12-14(6-11-21(22)30)20-13-19(28-29(20)16-9-7-15(26)8-10-16)23-24(31)17-4-2-3-5-18(17)27-25(23)32/h2-12,20,30H,13H2,1H3,(H2,27,31,32). The van der Waals surface area contributed by atoms with E-state index in [-0.39, 0.29) is 23.1 Å². The maximum Gasteiger partial charge on any atom is 0.261 e. The molecule has 1 aliphatic rings. The number of aromatic nitrogens is 1. The second-order valence-electron chi connectivity index (χ2n) is 7.74. The van der Waals surface area contributed by atoms with Gasteiger partial charge in [0.1, 0.15) is 11.3 Å². The van der Waals surface area contributed by atoms with Crippen LogP contribution in [0.4, 0.5) is 5.69 Å². The summed E-state index contributed by atoms with van der Waals surface area (Å²) in [6, 6.07) is 19.1. The summed E-state index contributed by atoms with van der Waals surface area (Å²) in [7, 11) is 1.49. The SMILES string of the molecule is COc1cc(C2CC(c3c(O)c4ccccc4[nH]c3=O)=NN2c2ccc(Cl)cc2)ccc1O. The molecule has 1 atom stereocenters. The van der Waals surface area contributed by atoms with Crippen molar-refractivity contribution >= 4 is 33.9 Å². The lowest BCUT2D eigenvalue weighted by Crippen LogP contribution is -2.19. The number of hydrazone groups is 1. The van der Waals surface area contributed by atoms with Gasteiger partial charge in [-0.2, -0.15) is 5.10 Å². The number of ether oxygens (including phenoxy) is 1. The van der Waals surface area contributed by atoms with Gasteiger partial charge in [-0.25, -0.2) is 0 Å². The summed E-state index contributed by atoms with van der Waals surface area (Å²) in [6.45, 7) is 0. The molecule has 33 heavy (non-hydrogen) atoms. The molecule has 0 saturated carbocycles. The lowest BCUT2D eigenvalue weighted by Gasteiger charge is -2.24. The van der Waals surface area contributed by atoms with Gasteiger partial charge in [0.05, 0.1) is 30.1 Å². The molecule has 0 bridgehead atoms. The van der Waals surface area contributed by atoms with E-state index in [1.807, 2.05) is 12.1 Å². The fourth-order valence-electron chi connectivity index (χ4n) is 4.15. The number of nitrogens with one attached hydrogen (secondary N) is 1. The van der Waals surface area contributed by atoms with E-state index in [0.29, 0.717) is 33.8 Å². The second-order valence-corrected chi connectivity index (χ2v) is 8.18. The van der Waals surface area contributed by atoms with Crippen LogP contribution in [0.15, 0.2) is 76.6 Å². The van der Waals surface area contributed by atoms with E-state index in [9.17, 15) is 15.0 Å². The monoisotopic (exact) mass is 461 g/mol. The zero-order valence-corrected chi connectivity index (χ0v) is 18.4. The molecule has 0 saturated heterocycles. The number of aromatic amines is 1. The Bertz CT molecular complexity index is 1450. The van der Waals surface area contributed by atoms with Crippen LogP contribution in [-0.2, 0) is 0 Å². The first-order chi connectivity index (χ1) is 16.0. The van der Waals surface area contributed by atoms with Crippen molar-refractivity contribution in [2.45, 2.75) is 12.5 Å². The highest BCUT2D eigenvalue weighted by molar-refractivity contribution is 6.30. The molecule has 2 heterocycles. The highest BCUT2D eigenvalue weighted by Gasteiger charge is 2.33. The zero-order chi connectivity index (χ0) is 23.1. The topological polar surface area (TPSA) is 98.2 Å². The average Bonchev–Trinajstić information content (AvgIpc) is 3.25. The predicted octanol–water partition coefficient (Wildman–Crippen LogP) is 4.96. The Morgan fingerprint density at radius 3 is 2.61 bits per heavy atom. The van der Waals surface area contributed by atoms with Crippen molar-refractivity contribution < 1.29 is 14.9 Å². The third-order valence-electron chi connectivity index (χ3n) is 5.77. The molecule has 166 valence electrons. The van der Waals surface area contributed by atoms with Crippen molar-refractivity contribution in [3.8, 4) is 17.2 Å². The van der Waals surface area contributed by atoms with Gasteiger partial charge in [0.15, 0.2) is 11.5 Å². The van der Waals surface area contributed by atoms with E-state index in [4.69, 9.17) is 21.4 Å². The summed E-state index contributed by atoms with van der Waals surface area (Å²) in [5, 5.41) is 28.7. The number of nitrogens with zero attached hydrogens (tertiary/aromatic N) is 2. The number of phenolic OH excluding ortho intramolecular Hbond substituents is 1. The molecule has 4 aromatic rings. The number of fused-ring (bicyclic) bond motifs is 1. The number of methoxy groups -OCH3 is 1. The van der Waals surface area contributed by atoms with Crippen molar-refractivity contribution in [1.82, 2.24) is 4.98 Å². The minimum Gasteiger partial charge on any atom is -0.506 e. The van der Waals surface area contributed by atoms with E-state index in [1.165, 1.54) is 7.11 Å². The smallest absolute Gasteiger partial charge is 0.261 e. The van der Waals surface area contributed by atoms with E-state index >= 15 is 0 Å². The van der Waals surface area contributed by atoms with Crippen molar-refractivity contribution in [2.24, 2.45) is 5.10 Å². The molecule has 1 aliphatic heterocycles. The first-order valence-corrected chi connectivity index (χ1v) is 10.7. The largest absolute Gasteiger partial charge is 0.506 e. The van der Waals surface area contributed by atoms with Crippen LogP contribution < -0.4 is 15.3 Å². The van der Waals surface area contributed by atoms with Gasteiger partial charge in [-0.15, -0.1) is 0 Å². The lowest BCUT2D eigenvalue weighted by atomic mass is 9.97. The fourth-order valence-corrected chi connectivity index (χ4v) is 4.27. The molecule has 3 aromatic carbocycles. The van der Waals surface area contributed by atoms with Crippen LogP contribution in [-0.4, -0.2) is 28.0 Å². The highest BCUT2D eigenvalue weighted by atomic mass is 35.5. The van der Waals surface area contributed by atoms with Gasteiger partial charge in [-0.1, -0.05) is 29.8 Å². The van der Waals surface area contributed by atoms with Crippen molar-refractivity contribution in [1.29, 1.82) is 0 Å². The highest BCUT2D eigenvalue weighted by Crippen LogP contribution is 2.40. The number of phenols is 1. The zero-order valence-electron chi connectivity index (χ0n) is 17.6. The second kappa shape index (κ2) is 8.18. The number of aromatic hydroxyl groups is 2. The first-order valence-electron chi connectivity index (χ1n) is 10.3. The Morgan fingerprint density at radius 2 is 1.85 bits per heavy atom. The lowest BCUT2D eigenvalue weighted by molar-refractivity contribution is 0.372. The fraction of sp³-hybridized carbons (Fsp3) is 0.120. The number of pyridine rings is 1. The van der Waals surface area contributed by atoms with Gasteiger partial charge in [-0.3, -0.25) is 9.80 Å². The van der Waals surface area contributed by atoms with Crippen LogP contribution in [0.1, 0.15) is 23.6 Å². The Labute approximate surface area is 194 Å². The van der Waals surface area contributed by atoms with Gasteiger partial charge in [0.2, 0.25) is 0 Å². The number of hydrogen-bond donors (Lipinski definition) is 3. The van der Waals surface area contributed by atoms with Crippen molar-refractivity contribution in [2.75, 3.05) is 12.1 Å². The van der Waals surface area contributed by atoms with Crippen molar-refractivity contribution in [3.63, 3.8) is 0 Å². The molecule has 7 nitrogen and oxygen atoms in total. The van der Waals surface area contributed by atoms with Crippen LogP contribution >= 0.6 is 11.6 Å². The summed E-state index contributed by atoms with van der Waals surface area (Å²) in [4.78, 5) is 15.8. The number of benzene rings is 3. The maximum absolute atomic E-state index is 12.9. The molecule has 1 aromatic heterocycles. The van der Waals surface area contributed by atoms with E-state index in [1.54, 1.807) is 59.6 Å². The van der Waals surface area contributed by atoms with Crippen LogP contribution in [0, 0.1) is 0 Å². The van der Waals surface area contributed by atoms with E-state index in [0.717, 1.165) is 11.3 Å². The Kier molecular flexibility index (Phi) is 5.18. The quantitative estimate of drug-likeness (QED) is 0.399. The molecular weight excluding hydrogens is 442 g/mol. The van der Waals surface area contributed by atoms with Gasteiger partial charge >= 0.3 is 0 Å². The third kappa shape index (κ3) is 3.66. The van der Waals surface area contributed by atoms with Crippen LogP contribution in [0.3, 0.4) is 0 Å². The third-order valence-corrected chi connectivity index (χ3v) is 6.02. The maximum atomic E-state index is 12.9. The van der Waals surface area contributed by atoms with Crippen LogP contribution in [0.5, 0.6) is 17.2 Å². The number of hydrogen-bond acceptors (Lipinski definition) is 6. The van der Waals surface area contributed by atoms with E-state index < -0.39 is 5.56 Å². The number of para-hydroxylation sites is 1. The van der Waals surface area contributed by atoms with Gasteiger partial charge in [-0.05, 0) is 54.1 Å². The Balaban J connectivity index is 1.66. The van der Waals surface area contributed by atoms with E-state index in [2.05, 4.69) is 4.98 Å². The molecule has 0 spiro atoms. The van der Waals surface area contributed by atoms with Gasteiger partial charge in [0.25, 0.3) is 5.56 Å². The Hall–Kier alpha value is -3.97. The molecule has 8 heteroatoms. The van der Waals surface area contributed by atoms with Crippen molar-refractivity contribution in [3.05, 3.63) is 93.2 Å². The minimum absolute atomic E-state index is 0.0297. The minimum atomic E-state index is -0.412. The summed E-state index contributed by atoms with van der Waals surface area (Å²) in [6.07, 6.45) is 0.353. The molecule has 0 aliphatic carbocycles. The summed E-state index contributed by atoms with van der Waals surface area (Å²) in [5.74, 6) is 0.263. The Morgan fingerprint density at radius 1 is 1.09 bits per heavy atom. The van der Waals surface area contributed by atoms with Crippen LogP contribution in [0.25, 0.3) is 10.9 Å². The molecule has 0 radical (unpaired) electrons. The van der Waals surface area contributed by atoms with Gasteiger partial charge in [0, 0.05) is 16.8 Å². The molecule has 1 unspecified atom stereocenters. The molecule has 0 amide bonds. The van der Waals surface area contributed by atoms with Crippen LogP contribution in [0.2, 0.25) is 5.02 Å². The number of anilines is 1. The predicted molar refractivity (Wildman–Crippen MR) is 129 cm³/mol. The average molecular weight is 462 g/mol. The summed E-state index contributed by atoms with van der Waals surface area (Å²) >= 11 is 6.07. The molecule has 0 fully saturated rings. The number of H-pyrrole nitrogens is 1. The summed E-state index contributed by atoms with van der Waals surface area (Å²) < 4.78 is 5.28. The number of rotatable bonds is 4. The first kappa shape index (κ1) is 20.9. The van der Waals surface area contributed by atoms with Gasteiger partial charge < -0.3 is 19.9 Å². The molecular formula is C25H20ClN3O4.